The largest absolute Gasteiger partial charge is 0.490 e. The second kappa shape index (κ2) is 10.9. The predicted octanol–water partition coefficient (Wildman–Crippen LogP) is 4.21. The SMILES string of the molecule is NC(=O)COc1ccc2cc1CCc1cccc(c1)Nc1ncc(Cl)c(n1)N2.O=C(O)C(F)(F)F. The summed E-state index contributed by atoms with van der Waals surface area (Å²) in [4.78, 5) is 28.7. The quantitative estimate of drug-likeness (QED) is 0.411. The molecule has 0 unspecified atom stereocenters. The molecule has 35 heavy (non-hydrogen) atoms. The van der Waals surface area contributed by atoms with Crippen molar-refractivity contribution in [2.75, 3.05) is 17.2 Å². The summed E-state index contributed by atoms with van der Waals surface area (Å²) in [5.74, 6) is -1.70. The van der Waals surface area contributed by atoms with Gasteiger partial charge in [-0.3, -0.25) is 4.79 Å². The molecule has 0 spiro atoms. The zero-order valence-electron chi connectivity index (χ0n) is 17.9. The minimum atomic E-state index is -5.08. The average Bonchev–Trinajstić information content (AvgIpc) is 2.79. The Morgan fingerprint density at radius 1 is 1.11 bits per heavy atom. The van der Waals surface area contributed by atoms with Gasteiger partial charge in [-0.15, -0.1) is 0 Å². The molecule has 184 valence electrons. The van der Waals surface area contributed by atoms with Crippen molar-refractivity contribution < 1.29 is 32.6 Å². The van der Waals surface area contributed by atoms with Crippen LogP contribution in [0.5, 0.6) is 5.75 Å². The topological polar surface area (TPSA) is 139 Å². The van der Waals surface area contributed by atoms with Gasteiger partial charge in [-0.2, -0.15) is 18.2 Å². The molecule has 1 aliphatic rings. The predicted molar refractivity (Wildman–Crippen MR) is 122 cm³/mol. The van der Waals surface area contributed by atoms with E-state index in [0.717, 1.165) is 35.3 Å². The van der Waals surface area contributed by atoms with Crippen LogP contribution >= 0.6 is 11.6 Å². The van der Waals surface area contributed by atoms with Crippen LogP contribution < -0.4 is 21.1 Å². The first kappa shape index (κ1) is 25.6. The van der Waals surface area contributed by atoms with Crippen LogP contribution in [0.4, 0.5) is 36.3 Å². The van der Waals surface area contributed by atoms with E-state index in [-0.39, 0.29) is 6.61 Å². The molecule has 0 saturated heterocycles. The summed E-state index contributed by atoms with van der Waals surface area (Å²) in [6.07, 6.45) is -2.01. The summed E-state index contributed by atoms with van der Waals surface area (Å²) in [6, 6.07) is 13.7. The molecule has 0 aliphatic carbocycles. The number of nitrogens with two attached hydrogens (primary N) is 1. The molecule has 13 heteroatoms. The van der Waals surface area contributed by atoms with E-state index in [0.29, 0.717) is 22.5 Å². The van der Waals surface area contributed by atoms with Crippen molar-refractivity contribution in [3.8, 4) is 5.75 Å². The number of benzene rings is 2. The number of nitrogens with one attached hydrogen (secondary N) is 2. The fourth-order valence-electron chi connectivity index (χ4n) is 3.01. The van der Waals surface area contributed by atoms with Gasteiger partial charge in [0, 0.05) is 11.4 Å². The molecule has 0 saturated carbocycles. The van der Waals surface area contributed by atoms with Gasteiger partial charge in [0.1, 0.15) is 10.8 Å². The number of carboxylic acid groups (broad SMARTS) is 1. The fraction of sp³-hybridized carbons (Fsp3) is 0.182. The number of hydrogen-bond acceptors (Lipinski definition) is 7. The van der Waals surface area contributed by atoms with Gasteiger partial charge in [0.15, 0.2) is 12.4 Å². The Morgan fingerprint density at radius 2 is 1.83 bits per heavy atom. The lowest BCUT2D eigenvalue weighted by Gasteiger charge is -2.14. The molecule has 6 bridgehead atoms. The number of aromatic nitrogens is 2. The molecule has 5 N–H and O–H groups in total. The fourth-order valence-corrected chi connectivity index (χ4v) is 3.14. The normalized spacial score (nSPS) is 12.2. The van der Waals surface area contributed by atoms with Crippen molar-refractivity contribution in [2.45, 2.75) is 19.0 Å². The van der Waals surface area contributed by atoms with Crippen LogP contribution in [0.15, 0.2) is 48.7 Å². The van der Waals surface area contributed by atoms with Gasteiger partial charge in [0.05, 0.1) is 6.20 Å². The molecule has 9 nitrogen and oxygen atoms in total. The van der Waals surface area contributed by atoms with E-state index in [2.05, 4.69) is 32.7 Å². The monoisotopic (exact) mass is 509 g/mol. The highest BCUT2D eigenvalue weighted by molar-refractivity contribution is 6.32. The van der Waals surface area contributed by atoms with E-state index >= 15 is 0 Å². The highest BCUT2D eigenvalue weighted by Gasteiger charge is 2.38. The molecule has 4 rings (SSSR count). The number of carbonyl (C=O) groups excluding carboxylic acids is 1. The van der Waals surface area contributed by atoms with Crippen LogP contribution in [-0.2, 0) is 22.4 Å². The number of nitrogens with zero attached hydrogens (tertiary/aromatic N) is 2. The smallest absolute Gasteiger partial charge is 0.484 e. The van der Waals surface area contributed by atoms with E-state index < -0.39 is 18.1 Å². The average molecular weight is 510 g/mol. The maximum absolute atomic E-state index is 11.1. The van der Waals surface area contributed by atoms with Crippen molar-refractivity contribution in [3.05, 3.63) is 64.8 Å². The van der Waals surface area contributed by atoms with Crippen LogP contribution in [-0.4, -0.2) is 39.7 Å². The number of halogens is 4. The zero-order chi connectivity index (χ0) is 25.6. The van der Waals surface area contributed by atoms with Crippen molar-refractivity contribution in [2.24, 2.45) is 5.73 Å². The van der Waals surface area contributed by atoms with Gasteiger partial charge >= 0.3 is 12.1 Å². The highest BCUT2D eigenvalue weighted by atomic mass is 35.5. The molecular weight excluding hydrogens is 491 g/mol. The molecule has 0 atom stereocenters. The Balaban J connectivity index is 0.000000429. The second-order valence-electron chi connectivity index (χ2n) is 7.22. The number of aliphatic carboxylic acids is 1. The van der Waals surface area contributed by atoms with Crippen molar-refractivity contribution in [1.82, 2.24) is 9.97 Å². The molecule has 1 aliphatic heterocycles. The molecular formula is C22H19ClF3N5O4. The van der Waals surface area contributed by atoms with Gasteiger partial charge in [-0.05, 0) is 54.3 Å². The molecule has 1 amide bonds. The number of amides is 1. The first-order chi connectivity index (χ1) is 16.5. The maximum atomic E-state index is 11.1. The minimum absolute atomic E-state index is 0.166. The van der Waals surface area contributed by atoms with Gasteiger partial charge in [-0.25, -0.2) is 9.78 Å². The van der Waals surface area contributed by atoms with E-state index in [1.807, 2.05) is 30.3 Å². The number of rotatable bonds is 3. The number of ether oxygens (including phenoxy) is 1. The summed E-state index contributed by atoms with van der Waals surface area (Å²) in [6.45, 7) is -0.166. The van der Waals surface area contributed by atoms with Gasteiger partial charge in [0.2, 0.25) is 5.95 Å². The third-order valence-electron chi connectivity index (χ3n) is 4.55. The number of anilines is 4. The minimum Gasteiger partial charge on any atom is -0.484 e. The molecule has 0 fully saturated rings. The molecule has 2 aromatic carbocycles. The number of primary amides is 1. The molecule has 0 radical (unpaired) electrons. The number of hydrogen-bond donors (Lipinski definition) is 4. The number of aryl methyl sites for hydroxylation is 2. The third-order valence-corrected chi connectivity index (χ3v) is 4.82. The van der Waals surface area contributed by atoms with Crippen LogP contribution in [0.3, 0.4) is 0 Å². The third kappa shape index (κ3) is 7.47. The number of fused-ring (bicyclic) bond motifs is 6. The summed E-state index contributed by atoms with van der Waals surface area (Å²) >= 11 is 6.26. The first-order valence-electron chi connectivity index (χ1n) is 10.0. The summed E-state index contributed by atoms with van der Waals surface area (Å²) in [5, 5.41) is 14.0. The molecule has 2 heterocycles. The zero-order valence-corrected chi connectivity index (χ0v) is 18.7. The molecule has 3 aromatic rings. The van der Waals surface area contributed by atoms with E-state index in [9.17, 15) is 18.0 Å². The summed E-state index contributed by atoms with van der Waals surface area (Å²) < 4.78 is 37.3. The lowest BCUT2D eigenvalue weighted by Crippen LogP contribution is -2.21. The van der Waals surface area contributed by atoms with Gasteiger partial charge < -0.3 is 26.2 Å². The Kier molecular flexibility index (Phi) is 7.97. The second-order valence-corrected chi connectivity index (χ2v) is 7.63. The van der Waals surface area contributed by atoms with E-state index in [1.54, 1.807) is 6.20 Å². The highest BCUT2D eigenvalue weighted by Crippen LogP contribution is 2.30. The van der Waals surface area contributed by atoms with Crippen LogP contribution in [0.2, 0.25) is 5.02 Å². The Hall–Kier alpha value is -4.06. The standard InChI is InChI=1S/C20H18ClN5O2.C2HF3O2/c21-16-10-23-20-25-14-3-1-2-12(8-14)4-5-13-9-15(24-19(16)26-20)6-7-17(13)28-11-18(22)27;3-2(4,5)1(6)7/h1-3,6-10H,4-5,11H2,(H2,22,27)(H2,23,24,25,26);(H,6,7). The van der Waals surface area contributed by atoms with E-state index in [1.165, 1.54) is 0 Å². The van der Waals surface area contributed by atoms with Crippen molar-refractivity contribution in [1.29, 1.82) is 0 Å². The van der Waals surface area contributed by atoms with Gasteiger partial charge in [-0.1, -0.05) is 23.7 Å². The van der Waals surface area contributed by atoms with Crippen LogP contribution in [0.1, 0.15) is 11.1 Å². The first-order valence-corrected chi connectivity index (χ1v) is 10.4. The Morgan fingerprint density at radius 3 is 2.51 bits per heavy atom. The van der Waals surface area contributed by atoms with Gasteiger partial charge in [0.25, 0.3) is 5.91 Å². The maximum Gasteiger partial charge on any atom is 0.490 e. The van der Waals surface area contributed by atoms with Crippen molar-refractivity contribution >= 4 is 46.6 Å². The molecule has 1 aromatic heterocycles. The van der Waals surface area contributed by atoms with Crippen molar-refractivity contribution in [3.63, 3.8) is 0 Å². The Labute approximate surface area is 202 Å². The van der Waals surface area contributed by atoms with Crippen LogP contribution in [0, 0.1) is 0 Å². The Bertz CT molecular complexity index is 1240. The number of alkyl halides is 3. The summed E-state index contributed by atoms with van der Waals surface area (Å²) in [5.41, 5.74) is 9.01. The number of carbonyl (C=O) groups is 2. The lowest BCUT2D eigenvalue weighted by molar-refractivity contribution is -0.192. The summed E-state index contributed by atoms with van der Waals surface area (Å²) in [7, 11) is 0. The van der Waals surface area contributed by atoms with E-state index in [4.69, 9.17) is 32.0 Å². The van der Waals surface area contributed by atoms with Crippen LogP contribution in [0.25, 0.3) is 0 Å². The number of carboxylic acids is 1. The lowest BCUT2D eigenvalue weighted by atomic mass is 10.0.